The summed E-state index contributed by atoms with van der Waals surface area (Å²) in [5, 5.41) is 3.01. The van der Waals surface area contributed by atoms with Gasteiger partial charge >= 0.3 is 0 Å². The lowest BCUT2D eigenvalue weighted by molar-refractivity contribution is -0.126. The Kier molecular flexibility index (Phi) is 7.19. The maximum Gasteiger partial charge on any atom is 0.230 e. The summed E-state index contributed by atoms with van der Waals surface area (Å²) in [7, 11) is 0. The smallest absolute Gasteiger partial charge is 0.230 e. The molecule has 0 heterocycles. The van der Waals surface area contributed by atoms with Crippen LogP contribution in [-0.4, -0.2) is 12.2 Å². The number of hydrogen-bond acceptors (Lipinski definition) is 2. The first kappa shape index (κ1) is 20.4. The molecule has 1 aliphatic carbocycles. The van der Waals surface area contributed by atoms with Crippen LogP contribution in [0.5, 0.6) is 0 Å². The highest BCUT2D eigenvalue weighted by atomic mass is 16.2. The van der Waals surface area contributed by atoms with Crippen LogP contribution in [0.4, 0.5) is 5.69 Å². The lowest BCUT2D eigenvalue weighted by Crippen LogP contribution is -2.35. The predicted molar refractivity (Wildman–Crippen MR) is 102 cm³/mol. The van der Waals surface area contributed by atoms with Crippen LogP contribution >= 0.6 is 0 Å². The maximum absolute atomic E-state index is 12.7. The number of hydrogen-bond donors (Lipinski definition) is 1. The van der Waals surface area contributed by atoms with Crippen molar-refractivity contribution in [3.8, 4) is 0 Å². The molecule has 1 amide bonds. The van der Waals surface area contributed by atoms with Gasteiger partial charge in [-0.15, -0.1) is 0 Å². The number of rotatable bonds is 3. The van der Waals surface area contributed by atoms with Crippen molar-refractivity contribution in [1.29, 1.82) is 0 Å². The molecule has 1 aromatic rings. The molecular formula is C21H33NO2. The van der Waals surface area contributed by atoms with Gasteiger partial charge in [-0.2, -0.15) is 0 Å². The summed E-state index contributed by atoms with van der Waals surface area (Å²) in [5.74, 6) is 0.0429. The summed E-state index contributed by atoms with van der Waals surface area (Å²) in [6, 6.07) is 5.70. The molecule has 0 aromatic heterocycles. The number of anilines is 1. The van der Waals surface area contributed by atoms with Crippen molar-refractivity contribution in [1.82, 2.24) is 0 Å². The Hall–Kier alpha value is -1.64. The van der Waals surface area contributed by atoms with Crippen molar-refractivity contribution in [3.05, 3.63) is 29.3 Å². The highest BCUT2D eigenvalue weighted by Crippen LogP contribution is 2.37. The van der Waals surface area contributed by atoms with Crippen LogP contribution in [0.15, 0.2) is 18.2 Å². The zero-order chi connectivity index (χ0) is 18.4. The summed E-state index contributed by atoms with van der Waals surface area (Å²) < 4.78 is 0. The molecule has 0 radical (unpaired) electrons. The molecule has 0 unspecified atom stereocenters. The Balaban J connectivity index is 0.00000139. The van der Waals surface area contributed by atoms with Gasteiger partial charge in [0.2, 0.25) is 5.91 Å². The van der Waals surface area contributed by atoms with Gasteiger partial charge in [0.05, 0.1) is 5.69 Å². The molecule has 1 N–H and O–H groups in total. The van der Waals surface area contributed by atoms with Crippen molar-refractivity contribution >= 4 is 17.9 Å². The fraction of sp³-hybridized carbons (Fsp3) is 0.619. The molecule has 3 heteroatoms. The number of benzene rings is 1. The Labute approximate surface area is 147 Å². The minimum atomic E-state index is -0.309. The third kappa shape index (κ3) is 4.93. The minimum absolute atomic E-state index is 0.0182. The van der Waals surface area contributed by atoms with E-state index in [1.165, 1.54) is 6.42 Å². The zero-order valence-corrected chi connectivity index (χ0v) is 16.2. The fourth-order valence-corrected chi connectivity index (χ4v) is 3.07. The molecular weight excluding hydrogens is 298 g/mol. The van der Waals surface area contributed by atoms with E-state index in [9.17, 15) is 9.59 Å². The quantitative estimate of drug-likeness (QED) is 0.719. The van der Waals surface area contributed by atoms with Gasteiger partial charge in [-0.3, -0.25) is 9.59 Å². The van der Waals surface area contributed by atoms with E-state index < -0.39 is 0 Å². The van der Waals surface area contributed by atoms with E-state index in [1.807, 2.05) is 32.9 Å². The van der Waals surface area contributed by atoms with Gasteiger partial charge in [-0.05, 0) is 36.0 Å². The van der Waals surface area contributed by atoms with E-state index in [-0.39, 0.29) is 16.7 Å². The van der Waals surface area contributed by atoms with Crippen LogP contribution in [0.2, 0.25) is 0 Å². The standard InChI is InChI=1S/C19H27NO2.C2H6/c1-18(2,3)15-9-8-14(13-21)16(12-15)20-17(22)19(4)10-6-5-7-11-19;1-2/h8-9,12-13H,5-7,10-11H2,1-4H3,(H,20,22);1-2H3. The van der Waals surface area contributed by atoms with Crippen molar-refractivity contribution < 1.29 is 9.59 Å². The molecule has 1 aromatic carbocycles. The zero-order valence-electron chi connectivity index (χ0n) is 16.2. The summed E-state index contributed by atoms with van der Waals surface area (Å²) >= 11 is 0. The maximum atomic E-state index is 12.7. The van der Waals surface area contributed by atoms with E-state index in [0.717, 1.165) is 37.5 Å². The lowest BCUT2D eigenvalue weighted by atomic mass is 9.75. The number of aldehydes is 1. The molecule has 24 heavy (non-hydrogen) atoms. The monoisotopic (exact) mass is 331 g/mol. The van der Waals surface area contributed by atoms with Gasteiger partial charge < -0.3 is 5.32 Å². The van der Waals surface area contributed by atoms with Crippen LogP contribution in [0, 0.1) is 5.41 Å². The van der Waals surface area contributed by atoms with Crippen molar-refractivity contribution in [2.24, 2.45) is 5.41 Å². The number of amides is 1. The van der Waals surface area contributed by atoms with Gasteiger partial charge in [0, 0.05) is 11.0 Å². The van der Waals surface area contributed by atoms with Crippen LogP contribution < -0.4 is 5.32 Å². The average Bonchev–Trinajstić information content (AvgIpc) is 2.56. The molecule has 0 saturated heterocycles. The molecule has 0 atom stereocenters. The molecule has 1 saturated carbocycles. The van der Waals surface area contributed by atoms with E-state index in [2.05, 4.69) is 26.1 Å². The lowest BCUT2D eigenvalue weighted by Gasteiger charge is -2.32. The molecule has 0 aliphatic heterocycles. The highest BCUT2D eigenvalue weighted by molar-refractivity contribution is 5.99. The van der Waals surface area contributed by atoms with Crippen LogP contribution in [0.25, 0.3) is 0 Å². The summed E-state index contributed by atoms with van der Waals surface area (Å²) in [5.41, 5.74) is 1.97. The van der Waals surface area contributed by atoms with E-state index in [4.69, 9.17) is 0 Å². The third-order valence-electron chi connectivity index (χ3n) is 4.80. The SMILES string of the molecule is CC.CC1(C(=O)Nc2cc(C(C)(C)C)ccc2C=O)CCCCC1. The summed E-state index contributed by atoms with van der Waals surface area (Å²) in [4.78, 5) is 24.0. The molecule has 0 bridgehead atoms. The van der Waals surface area contributed by atoms with Crippen LogP contribution in [0.3, 0.4) is 0 Å². The molecule has 0 spiro atoms. The van der Waals surface area contributed by atoms with E-state index in [1.54, 1.807) is 6.07 Å². The topological polar surface area (TPSA) is 46.2 Å². The molecule has 1 fully saturated rings. The molecule has 134 valence electrons. The Morgan fingerprint density at radius 2 is 1.71 bits per heavy atom. The Morgan fingerprint density at radius 1 is 1.12 bits per heavy atom. The normalized spacial score (nSPS) is 16.6. The van der Waals surface area contributed by atoms with Crippen LogP contribution in [0.1, 0.15) is 89.6 Å². The van der Waals surface area contributed by atoms with E-state index >= 15 is 0 Å². The molecule has 3 nitrogen and oxygen atoms in total. The number of carbonyl (C=O) groups excluding carboxylic acids is 2. The second-order valence-electron chi connectivity index (χ2n) is 7.75. The second-order valence-corrected chi connectivity index (χ2v) is 7.75. The number of carbonyl (C=O) groups is 2. The first-order valence-electron chi connectivity index (χ1n) is 9.17. The van der Waals surface area contributed by atoms with Crippen LogP contribution in [-0.2, 0) is 10.2 Å². The predicted octanol–water partition coefficient (Wildman–Crippen LogP) is 5.73. The summed E-state index contributed by atoms with van der Waals surface area (Å²) in [6.45, 7) is 12.4. The van der Waals surface area contributed by atoms with Gasteiger partial charge in [0.25, 0.3) is 0 Å². The highest BCUT2D eigenvalue weighted by Gasteiger charge is 2.34. The average molecular weight is 332 g/mol. The summed E-state index contributed by atoms with van der Waals surface area (Å²) in [6.07, 6.45) is 6.08. The largest absolute Gasteiger partial charge is 0.325 e. The second kappa shape index (κ2) is 8.46. The van der Waals surface area contributed by atoms with Crippen molar-refractivity contribution in [2.75, 3.05) is 5.32 Å². The fourth-order valence-electron chi connectivity index (χ4n) is 3.07. The number of nitrogens with one attached hydrogen (secondary N) is 1. The van der Waals surface area contributed by atoms with Gasteiger partial charge in [0.1, 0.15) is 0 Å². The third-order valence-corrected chi connectivity index (χ3v) is 4.80. The Morgan fingerprint density at radius 3 is 2.21 bits per heavy atom. The van der Waals surface area contributed by atoms with Crippen molar-refractivity contribution in [3.63, 3.8) is 0 Å². The van der Waals surface area contributed by atoms with Gasteiger partial charge in [-0.25, -0.2) is 0 Å². The molecule has 1 aliphatic rings. The van der Waals surface area contributed by atoms with Gasteiger partial charge in [0.15, 0.2) is 6.29 Å². The minimum Gasteiger partial charge on any atom is -0.325 e. The first-order valence-corrected chi connectivity index (χ1v) is 9.17. The van der Waals surface area contributed by atoms with Gasteiger partial charge in [-0.1, -0.05) is 66.9 Å². The van der Waals surface area contributed by atoms with E-state index in [0.29, 0.717) is 11.3 Å². The first-order chi connectivity index (χ1) is 11.3. The van der Waals surface area contributed by atoms with Crippen molar-refractivity contribution in [2.45, 2.75) is 79.1 Å². The Bertz CT molecular complexity index is 564. The molecule has 2 rings (SSSR count).